The summed E-state index contributed by atoms with van der Waals surface area (Å²) in [6.07, 6.45) is 0. The highest BCUT2D eigenvalue weighted by Gasteiger charge is 2.14. The van der Waals surface area contributed by atoms with E-state index in [-0.39, 0.29) is 12.2 Å². The Bertz CT molecular complexity index is 183. The predicted octanol–water partition coefficient (Wildman–Crippen LogP) is -0.0689. The maximum absolute atomic E-state index is 10.8. The molecule has 0 amide bonds. The molecule has 62 valence electrons. The average Bonchev–Trinajstić information content (AvgIpc) is 2.02. The second-order valence-corrected chi connectivity index (χ2v) is 1.83. The molecule has 0 N–H and O–H groups in total. The number of Topliss-reactive ketones (excluding diaryl/α,β-unsaturated/α-hetero) is 1. The Morgan fingerprint density at radius 3 is 2.27 bits per heavy atom. The van der Waals surface area contributed by atoms with E-state index >= 15 is 0 Å². The summed E-state index contributed by atoms with van der Waals surface area (Å²) in [6.45, 7) is 3.10. The number of carbonyl (C=O) groups excluding carboxylic acids is 2. The van der Waals surface area contributed by atoms with Crippen molar-refractivity contribution in [3.63, 3.8) is 0 Å². The summed E-state index contributed by atoms with van der Waals surface area (Å²) in [5.74, 6) is -1.17. The molecule has 0 radical (unpaired) electrons. The first kappa shape index (κ1) is 9.84. The van der Waals surface area contributed by atoms with Crippen LogP contribution in [0.15, 0.2) is 12.2 Å². The smallest absolute Gasteiger partial charge is 0.340 e. The van der Waals surface area contributed by atoms with Gasteiger partial charge in [-0.25, -0.2) is 4.79 Å². The third kappa shape index (κ3) is 2.95. The number of esters is 1. The molecule has 0 spiro atoms. The fourth-order valence-corrected chi connectivity index (χ4v) is 0.455. The minimum absolute atomic E-state index is 0.145. The summed E-state index contributed by atoms with van der Waals surface area (Å²) >= 11 is 0. The van der Waals surface area contributed by atoms with Crippen LogP contribution >= 0.6 is 0 Å². The zero-order chi connectivity index (χ0) is 8.85. The molecule has 4 nitrogen and oxygen atoms in total. The average molecular weight is 158 g/mol. The van der Waals surface area contributed by atoms with Crippen molar-refractivity contribution in [3.05, 3.63) is 12.2 Å². The predicted molar refractivity (Wildman–Crippen MR) is 38.0 cm³/mol. The normalized spacial score (nSPS) is 8.91. The van der Waals surface area contributed by atoms with E-state index in [1.165, 1.54) is 14.2 Å². The molecular formula is C7H10O4. The van der Waals surface area contributed by atoms with Gasteiger partial charge >= 0.3 is 5.97 Å². The van der Waals surface area contributed by atoms with Gasteiger partial charge in [0, 0.05) is 7.11 Å². The molecule has 4 heteroatoms. The monoisotopic (exact) mass is 158 g/mol. The molecule has 11 heavy (non-hydrogen) atoms. The van der Waals surface area contributed by atoms with Crippen LogP contribution < -0.4 is 0 Å². The third-order valence-electron chi connectivity index (χ3n) is 1.04. The number of methoxy groups -OCH3 is 2. The number of ether oxygens (including phenoxy) is 2. The number of rotatable bonds is 4. The molecule has 0 aliphatic heterocycles. The van der Waals surface area contributed by atoms with E-state index < -0.39 is 11.8 Å². The Balaban J connectivity index is 4.03. The number of hydrogen-bond donors (Lipinski definition) is 0. The van der Waals surface area contributed by atoms with E-state index in [1.807, 2.05) is 0 Å². The van der Waals surface area contributed by atoms with Gasteiger partial charge in [-0.15, -0.1) is 0 Å². The number of ketones is 1. The molecule has 0 fully saturated rings. The zero-order valence-corrected chi connectivity index (χ0v) is 6.55. The van der Waals surface area contributed by atoms with Crippen molar-refractivity contribution in [2.24, 2.45) is 0 Å². The van der Waals surface area contributed by atoms with Gasteiger partial charge in [-0.05, 0) is 0 Å². The van der Waals surface area contributed by atoms with E-state index in [0.29, 0.717) is 0 Å². The first-order valence-corrected chi connectivity index (χ1v) is 2.92. The van der Waals surface area contributed by atoms with Gasteiger partial charge in [-0.2, -0.15) is 0 Å². The summed E-state index contributed by atoms with van der Waals surface area (Å²) in [7, 11) is 2.55. The maximum atomic E-state index is 10.8. The molecule has 0 atom stereocenters. The van der Waals surface area contributed by atoms with Crippen LogP contribution in [0, 0.1) is 0 Å². The molecule has 0 aromatic carbocycles. The van der Waals surface area contributed by atoms with Crippen molar-refractivity contribution in [1.29, 1.82) is 0 Å². The summed E-state index contributed by atoms with van der Waals surface area (Å²) in [4.78, 5) is 21.4. The topological polar surface area (TPSA) is 52.6 Å². The molecule has 0 heterocycles. The molecule has 0 aromatic rings. The zero-order valence-electron chi connectivity index (χ0n) is 6.55. The summed E-state index contributed by atoms with van der Waals surface area (Å²) < 4.78 is 8.77. The minimum Gasteiger partial charge on any atom is -0.465 e. The summed E-state index contributed by atoms with van der Waals surface area (Å²) in [6, 6.07) is 0. The molecule has 0 saturated carbocycles. The van der Waals surface area contributed by atoms with E-state index in [1.54, 1.807) is 0 Å². The van der Waals surface area contributed by atoms with Crippen molar-refractivity contribution in [1.82, 2.24) is 0 Å². The number of carbonyl (C=O) groups is 2. The number of hydrogen-bond acceptors (Lipinski definition) is 4. The first-order chi connectivity index (χ1) is 5.13. The second kappa shape index (κ2) is 4.62. The molecule has 0 unspecified atom stereocenters. The fraction of sp³-hybridized carbons (Fsp3) is 0.429. The van der Waals surface area contributed by atoms with E-state index in [4.69, 9.17) is 0 Å². The third-order valence-corrected chi connectivity index (χ3v) is 1.04. The maximum Gasteiger partial charge on any atom is 0.340 e. The Hall–Kier alpha value is -1.16. The van der Waals surface area contributed by atoms with Crippen LogP contribution in [0.4, 0.5) is 0 Å². The van der Waals surface area contributed by atoms with Crippen LogP contribution in [-0.4, -0.2) is 32.6 Å². The Morgan fingerprint density at radius 2 is 1.91 bits per heavy atom. The van der Waals surface area contributed by atoms with E-state index in [2.05, 4.69) is 16.1 Å². The van der Waals surface area contributed by atoms with Crippen LogP contribution in [0.3, 0.4) is 0 Å². The standard InChI is InChI=1S/C7H10O4/c1-5(7(9)11-3)6(8)4-10-2/h1,4H2,2-3H3. The highest BCUT2D eigenvalue weighted by molar-refractivity contribution is 6.17. The summed E-state index contributed by atoms with van der Waals surface area (Å²) in [5.41, 5.74) is -0.186. The van der Waals surface area contributed by atoms with Gasteiger partial charge in [-0.3, -0.25) is 4.79 Å². The van der Waals surface area contributed by atoms with E-state index in [9.17, 15) is 9.59 Å². The van der Waals surface area contributed by atoms with Crippen molar-refractivity contribution >= 4 is 11.8 Å². The van der Waals surface area contributed by atoms with Gasteiger partial charge in [0.05, 0.1) is 12.7 Å². The molecule has 0 aliphatic carbocycles. The lowest BCUT2D eigenvalue weighted by molar-refractivity contribution is -0.138. The minimum atomic E-state index is -0.716. The molecular weight excluding hydrogens is 148 g/mol. The van der Waals surface area contributed by atoms with Crippen molar-refractivity contribution in [2.45, 2.75) is 0 Å². The lowest BCUT2D eigenvalue weighted by atomic mass is 10.2. The second-order valence-electron chi connectivity index (χ2n) is 1.83. The van der Waals surface area contributed by atoms with Crippen molar-refractivity contribution < 1.29 is 19.1 Å². The lowest BCUT2D eigenvalue weighted by Crippen LogP contribution is -2.17. The van der Waals surface area contributed by atoms with Crippen molar-refractivity contribution in [3.8, 4) is 0 Å². The van der Waals surface area contributed by atoms with Gasteiger partial charge < -0.3 is 9.47 Å². The SMILES string of the molecule is C=C(C(=O)COC)C(=O)OC. The van der Waals surface area contributed by atoms with Crippen LogP contribution in [-0.2, 0) is 19.1 Å². The van der Waals surface area contributed by atoms with Crippen molar-refractivity contribution in [2.75, 3.05) is 20.8 Å². The van der Waals surface area contributed by atoms with Crippen LogP contribution in [0.5, 0.6) is 0 Å². The Labute approximate surface area is 64.8 Å². The van der Waals surface area contributed by atoms with Gasteiger partial charge in [0.15, 0.2) is 5.78 Å². The molecule has 0 aromatic heterocycles. The molecule has 0 aliphatic rings. The summed E-state index contributed by atoms with van der Waals surface area (Å²) in [5, 5.41) is 0. The van der Waals surface area contributed by atoms with Gasteiger partial charge in [0.25, 0.3) is 0 Å². The van der Waals surface area contributed by atoms with Crippen LogP contribution in [0.25, 0.3) is 0 Å². The molecule has 0 bridgehead atoms. The Kier molecular flexibility index (Phi) is 4.14. The van der Waals surface area contributed by atoms with Gasteiger partial charge in [-0.1, -0.05) is 6.58 Å². The highest BCUT2D eigenvalue weighted by atomic mass is 16.5. The quantitative estimate of drug-likeness (QED) is 0.249. The highest BCUT2D eigenvalue weighted by Crippen LogP contribution is 1.95. The van der Waals surface area contributed by atoms with E-state index in [0.717, 1.165) is 0 Å². The molecule has 0 rings (SSSR count). The first-order valence-electron chi connectivity index (χ1n) is 2.92. The van der Waals surface area contributed by atoms with Crippen LogP contribution in [0.2, 0.25) is 0 Å². The fourth-order valence-electron chi connectivity index (χ4n) is 0.455. The largest absolute Gasteiger partial charge is 0.465 e. The lowest BCUT2D eigenvalue weighted by Gasteiger charge is -2.00. The molecule has 0 saturated heterocycles. The van der Waals surface area contributed by atoms with Gasteiger partial charge in [0.2, 0.25) is 0 Å². The van der Waals surface area contributed by atoms with Gasteiger partial charge in [0.1, 0.15) is 6.61 Å². The Morgan fingerprint density at radius 1 is 1.36 bits per heavy atom. The van der Waals surface area contributed by atoms with Crippen LogP contribution in [0.1, 0.15) is 0 Å².